The quantitative estimate of drug-likeness (QED) is 0.287. The molecule has 2 heterocycles. The normalized spacial score (nSPS) is 12.4. The molecule has 206 valence electrons. The van der Waals surface area contributed by atoms with Crippen LogP contribution in [-0.4, -0.2) is 86.4 Å². The Morgan fingerprint density at radius 3 is 1.92 bits per heavy atom. The summed E-state index contributed by atoms with van der Waals surface area (Å²) in [5, 5.41) is 0.488. The van der Waals surface area contributed by atoms with E-state index in [0.717, 1.165) is 6.26 Å². The molecular weight excluding hydrogens is 524 g/mol. The first-order valence-electron chi connectivity index (χ1n) is 11.3. The minimum atomic E-state index is -3.52. The number of aromatic nitrogens is 1. The van der Waals surface area contributed by atoms with Gasteiger partial charge in [0.2, 0.25) is 10.0 Å². The van der Waals surface area contributed by atoms with Crippen LogP contribution >= 0.6 is 0 Å². The van der Waals surface area contributed by atoms with Crippen LogP contribution in [0.25, 0.3) is 10.9 Å². The van der Waals surface area contributed by atoms with Gasteiger partial charge in [0.05, 0.1) is 23.0 Å². The van der Waals surface area contributed by atoms with E-state index in [0.29, 0.717) is 35.2 Å². The summed E-state index contributed by atoms with van der Waals surface area (Å²) in [5.41, 5.74) is 1.63. The van der Waals surface area contributed by atoms with Gasteiger partial charge in [0.15, 0.2) is 0 Å². The number of ketones is 1. The van der Waals surface area contributed by atoms with E-state index < -0.39 is 21.7 Å². The molecule has 1 aliphatic heterocycles. The van der Waals surface area contributed by atoms with E-state index in [1.54, 1.807) is 59.0 Å². The summed E-state index contributed by atoms with van der Waals surface area (Å²) in [5.74, 6) is -1.41. The van der Waals surface area contributed by atoms with Crippen molar-refractivity contribution in [2.24, 2.45) is 7.05 Å². The van der Waals surface area contributed by atoms with Gasteiger partial charge < -0.3 is 24.0 Å². The SMILES string of the molecule is C#C.C=O.C=O.Cn1cc(C(=O)C(=O)N2CCN(C(=O)c3ccccc3)CC2)c2cccc(NS(C)(=O)=O)c21. The van der Waals surface area contributed by atoms with E-state index in [2.05, 4.69) is 17.6 Å². The number of rotatable bonds is 5. The van der Waals surface area contributed by atoms with Gasteiger partial charge in [-0.05, 0) is 18.2 Å². The summed E-state index contributed by atoms with van der Waals surface area (Å²) in [6, 6.07) is 13.8. The molecule has 4 rings (SSSR count). The van der Waals surface area contributed by atoms with E-state index in [9.17, 15) is 22.8 Å². The van der Waals surface area contributed by atoms with Crippen LogP contribution < -0.4 is 4.72 Å². The zero-order valence-corrected chi connectivity index (χ0v) is 22.5. The second-order valence-electron chi connectivity index (χ2n) is 8.01. The molecular formula is C27H30N4O7S. The molecule has 0 saturated carbocycles. The number of hydrogen-bond donors (Lipinski definition) is 1. The maximum Gasteiger partial charge on any atom is 0.295 e. The average Bonchev–Trinajstić information content (AvgIpc) is 3.32. The summed E-state index contributed by atoms with van der Waals surface area (Å²) >= 11 is 0. The molecule has 0 atom stereocenters. The van der Waals surface area contributed by atoms with E-state index in [-0.39, 0.29) is 24.6 Å². The molecule has 1 aliphatic rings. The van der Waals surface area contributed by atoms with Gasteiger partial charge in [0.25, 0.3) is 17.6 Å². The first-order chi connectivity index (χ1) is 18.7. The van der Waals surface area contributed by atoms with E-state index in [1.807, 2.05) is 19.6 Å². The number of fused-ring (bicyclic) bond motifs is 1. The molecule has 0 unspecified atom stereocenters. The number of nitrogens with zero attached hydrogens (tertiary/aromatic N) is 3. The highest BCUT2D eigenvalue weighted by Crippen LogP contribution is 2.29. The third kappa shape index (κ3) is 7.86. The van der Waals surface area contributed by atoms with Gasteiger partial charge in [0, 0.05) is 50.4 Å². The summed E-state index contributed by atoms with van der Waals surface area (Å²) in [7, 11) is -1.83. The third-order valence-electron chi connectivity index (χ3n) is 5.61. The van der Waals surface area contributed by atoms with Gasteiger partial charge in [-0.1, -0.05) is 30.3 Å². The number of aryl methyl sites for hydroxylation is 1. The molecule has 0 aliphatic carbocycles. The first-order valence-corrected chi connectivity index (χ1v) is 13.2. The monoisotopic (exact) mass is 554 g/mol. The molecule has 12 heteroatoms. The molecule has 0 spiro atoms. The van der Waals surface area contributed by atoms with Crippen molar-refractivity contribution in [2.75, 3.05) is 37.2 Å². The zero-order valence-electron chi connectivity index (χ0n) is 21.7. The molecule has 1 N–H and O–H groups in total. The van der Waals surface area contributed by atoms with Crippen molar-refractivity contribution in [3.63, 3.8) is 0 Å². The first kappa shape index (κ1) is 32.3. The van der Waals surface area contributed by atoms with Crippen molar-refractivity contribution in [2.45, 2.75) is 0 Å². The lowest BCUT2D eigenvalue weighted by atomic mass is 10.1. The molecule has 2 aromatic carbocycles. The van der Waals surface area contributed by atoms with Crippen molar-refractivity contribution in [3.8, 4) is 12.8 Å². The Bertz CT molecular complexity index is 1420. The topological polar surface area (TPSA) is 143 Å². The summed E-state index contributed by atoms with van der Waals surface area (Å²) in [4.78, 5) is 57.8. The van der Waals surface area contributed by atoms with Crippen molar-refractivity contribution < 1.29 is 32.4 Å². The molecule has 39 heavy (non-hydrogen) atoms. The van der Waals surface area contributed by atoms with Crippen LogP contribution in [0, 0.1) is 12.8 Å². The van der Waals surface area contributed by atoms with Gasteiger partial charge in [-0.15, -0.1) is 12.8 Å². The zero-order chi connectivity index (χ0) is 29.8. The maximum atomic E-state index is 13.1. The Labute approximate surface area is 227 Å². The summed E-state index contributed by atoms with van der Waals surface area (Å²) in [6.07, 6.45) is 10.6. The third-order valence-corrected chi connectivity index (χ3v) is 6.20. The van der Waals surface area contributed by atoms with Crippen molar-refractivity contribution in [1.29, 1.82) is 0 Å². The fourth-order valence-electron chi connectivity index (χ4n) is 4.07. The van der Waals surface area contributed by atoms with E-state index in [4.69, 9.17) is 9.59 Å². The molecule has 3 aromatic rings. The number of amides is 2. The number of anilines is 1. The number of benzene rings is 2. The lowest BCUT2D eigenvalue weighted by molar-refractivity contribution is -0.127. The van der Waals surface area contributed by atoms with Gasteiger partial charge in [-0.25, -0.2) is 8.42 Å². The van der Waals surface area contributed by atoms with Crippen LogP contribution in [0.2, 0.25) is 0 Å². The highest BCUT2D eigenvalue weighted by molar-refractivity contribution is 7.92. The smallest absolute Gasteiger partial charge is 0.295 e. The number of piperazine rings is 1. The van der Waals surface area contributed by atoms with Gasteiger partial charge in [0.1, 0.15) is 13.6 Å². The van der Waals surface area contributed by atoms with E-state index >= 15 is 0 Å². The van der Waals surface area contributed by atoms with Crippen LogP contribution in [0.4, 0.5) is 5.69 Å². The number of carbonyl (C=O) groups excluding carboxylic acids is 5. The minimum Gasteiger partial charge on any atom is -0.348 e. The Balaban J connectivity index is 0.00000119. The molecule has 11 nitrogen and oxygen atoms in total. The van der Waals surface area contributed by atoms with Crippen LogP contribution in [0.15, 0.2) is 54.7 Å². The van der Waals surface area contributed by atoms with Crippen LogP contribution in [0.5, 0.6) is 0 Å². The second kappa shape index (κ2) is 14.8. The Kier molecular flexibility index (Phi) is 12.3. The van der Waals surface area contributed by atoms with Crippen LogP contribution in [0.1, 0.15) is 20.7 Å². The van der Waals surface area contributed by atoms with Crippen LogP contribution in [-0.2, 0) is 31.5 Å². The van der Waals surface area contributed by atoms with Gasteiger partial charge in [-0.3, -0.25) is 19.1 Å². The standard InChI is InChI=1S/C23H24N4O5S.C2H2.2CH2O/c1-25-15-18(17-9-6-10-19(20(17)25)24-33(2,31)32)21(28)23(30)27-13-11-26(12-14-27)22(29)16-7-4-3-5-8-16;3*1-2/h3-10,15,24H,11-14H2,1-2H3;1-2H;2*1H2. The van der Waals surface area contributed by atoms with Gasteiger partial charge >= 0.3 is 0 Å². The highest BCUT2D eigenvalue weighted by atomic mass is 32.2. The Hall–Kier alpha value is -4.76. The van der Waals surface area contributed by atoms with E-state index in [1.165, 1.54) is 11.1 Å². The minimum absolute atomic E-state index is 0.103. The molecule has 1 fully saturated rings. The number of sulfonamides is 1. The van der Waals surface area contributed by atoms with Crippen molar-refractivity contribution >= 4 is 57.8 Å². The lowest BCUT2D eigenvalue weighted by Crippen LogP contribution is -2.52. The molecule has 0 radical (unpaired) electrons. The highest BCUT2D eigenvalue weighted by Gasteiger charge is 2.30. The fourth-order valence-corrected chi connectivity index (χ4v) is 4.63. The summed E-state index contributed by atoms with van der Waals surface area (Å²) in [6.45, 7) is 5.19. The maximum absolute atomic E-state index is 13.1. The summed E-state index contributed by atoms with van der Waals surface area (Å²) < 4.78 is 27.5. The molecule has 2 amide bonds. The molecule has 1 aromatic heterocycles. The van der Waals surface area contributed by atoms with Gasteiger partial charge in [-0.2, -0.15) is 0 Å². The number of Topliss-reactive ketones (excluding diaryl/α,β-unsaturated/α-hetero) is 1. The van der Waals surface area contributed by atoms with Crippen molar-refractivity contribution in [1.82, 2.24) is 14.4 Å². The lowest BCUT2D eigenvalue weighted by Gasteiger charge is -2.34. The second-order valence-corrected chi connectivity index (χ2v) is 9.76. The number of terminal acetylenes is 1. The molecule has 0 bridgehead atoms. The predicted molar refractivity (Wildman–Crippen MR) is 149 cm³/mol. The van der Waals surface area contributed by atoms with Crippen molar-refractivity contribution in [3.05, 3.63) is 65.9 Å². The Morgan fingerprint density at radius 2 is 1.38 bits per heavy atom. The molecule has 1 saturated heterocycles. The average molecular weight is 555 g/mol. The number of carbonyl (C=O) groups is 5. The number of hydrogen-bond acceptors (Lipinski definition) is 7. The predicted octanol–water partition coefficient (Wildman–Crippen LogP) is 1.60. The number of nitrogens with one attached hydrogen (secondary N) is 1. The number of para-hydroxylation sites is 1. The Morgan fingerprint density at radius 1 is 0.846 bits per heavy atom. The van der Waals surface area contributed by atoms with Crippen LogP contribution in [0.3, 0.4) is 0 Å². The largest absolute Gasteiger partial charge is 0.348 e. The fraction of sp³-hybridized carbons (Fsp3) is 0.222.